The quantitative estimate of drug-likeness (QED) is 0.476. The van der Waals surface area contributed by atoms with Gasteiger partial charge in [-0.25, -0.2) is 0 Å². The molecule has 4 nitrogen and oxygen atoms in total. The molecule has 5 heteroatoms. The molecule has 0 aliphatic rings. The van der Waals surface area contributed by atoms with Crippen LogP contribution in [0.3, 0.4) is 0 Å². The summed E-state index contributed by atoms with van der Waals surface area (Å²) in [7, 11) is 0. The Labute approximate surface area is 126 Å². The zero-order valence-corrected chi connectivity index (χ0v) is 16.0. The molecule has 104 valence electrons. The van der Waals surface area contributed by atoms with Crippen LogP contribution >= 0.6 is 0 Å². The van der Waals surface area contributed by atoms with Gasteiger partial charge in [0.1, 0.15) is 0 Å². The van der Waals surface area contributed by atoms with Crippen LogP contribution in [0.2, 0.25) is 0 Å². The van der Waals surface area contributed by atoms with Gasteiger partial charge in [0.15, 0.2) is 0 Å². The Hall–Kier alpha value is 0.710. The van der Waals surface area contributed by atoms with Crippen LogP contribution in [0.15, 0.2) is 0 Å². The van der Waals surface area contributed by atoms with E-state index < -0.39 is 24.4 Å². The molecule has 0 saturated carbocycles. The third-order valence-corrected chi connectivity index (χ3v) is 0. The van der Waals surface area contributed by atoms with Crippen molar-refractivity contribution in [3.63, 3.8) is 0 Å². The average molecular weight is 415 g/mol. The van der Waals surface area contributed by atoms with Crippen LogP contribution in [0.4, 0.5) is 0 Å². The zero-order valence-electron chi connectivity index (χ0n) is 12.4. The minimum absolute atomic E-state index is 0. The van der Waals surface area contributed by atoms with Gasteiger partial charge in [0.25, 0.3) is 0 Å². The Morgan fingerprint density at radius 3 is 0.412 bits per heavy atom. The van der Waals surface area contributed by atoms with Crippen LogP contribution in [0.1, 0.15) is 55.4 Å². The van der Waals surface area contributed by atoms with Gasteiger partial charge in [0, 0.05) is 0 Å². The molecular formula is C12H28HfO4. The fourth-order valence-corrected chi connectivity index (χ4v) is 0. The largest absolute Gasteiger partial charge is 4.00 e. The Morgan fingerprint density at radius 1 is 0.412 bits per heavy atom. The maximum atomic E-state index is 9.53. The second-order valence-electron chi connectivity index (χ2n) is 4.20. The van der Waals surface area contributed by atoms with E-state index in [9.17, 15) is 20.4 Å². The summed E-state index contributed by atoms with van der Waals surface area (Å²) in [6.45, 7) is 12.9. The van der Waals surface area contributed by atoms with Crippen molar-refractivity contribution in [2.75, 3.05) is 0 Å². The van der Waals surface area contributed by atoms with E-state index in [4.69, 9.17) is 0 Å². The molecule has 0 fully saturated rings. The van der Waals surface area contributed by atoms with Gasteiger partial charge >= 0.3 is 25.8 Å². The van der Waals surface area contributed by atoms with Gasteiger partial charge in [-0.1, -0.05) is 55.4 Å². The van der Waals surface area contributed by atoms with Crippen LogP contribution in [0.5, 0.6) is 0 Å². The van der Waals surface area contributed by atoms with E-state index in [-0.39, 0.29) is 25.8 Å². The van der Waals surface area contributed by atoms with Crippen molar-refractivity contribution in [3.8, 4) is 0 Å². The van der Waals surface area contributed by atoms with Crippen molar-refractivity contribution in [1.29, 1.82) is 0 Å². The molecule has 0 amide bonds. The van der Waals surface area contributed by atoms with Crippen LogP contribution in [-0.2, 0) is 25.8 Å². The summed E-state index contributed by atoms with van der Waals surface area (Å²) in [6, 6.07) is 0. The summed E-state index contributed by atoms with van der Waals surface area (Å²) in [5, 5.41) is 38.1. The Balaban J connectivity index is -0.0000000369. The maximum Gasteiger partial charge on any atom is 4.00 e. The minimum atomic E-state index is -0.417. The van der Waals surface area contributed by atoms with Gasteiger partial charge in [-0.15, -0.1) is 24.4 Å². The summed E-state index contributed by atoms with van der Waals surface area (Å²) in [4.78, 5) is 0. The summed E-state index contributed by atoms with van der Waals surface area (Å²) in [6.07, 6.45) is -1.67. The predicted molar refractivity (Wildman–Crippen MR) is 60.5 cm³/mol. The second-order valence-corrected chi connectivity index (χ2v) is 4.20. The van der Waals surface area contributed by atoms with E-state index in [1.54, 1.807) is 55.4 Å². The fourth-order valence-electron chi connectivity index (χ4n) is 0. The first-order chi connectivity index (χ1) is 6.93. The zero-order chi connectivity index (χ0) is 14.3. The maximum absolute atomic E-state index is 9.53. The number of rotatable bonds is 0. The van der Waals surface area contributed by atoms with Crippen molar-refractivity contribution in [2.24, 2.45) is 0 Å². The average Bonchev–Trinajstić information content (AvgIpc) is 1.76. The van der Waals surface area contributed by atoms with E-state index in [2.05, 4.69) is 0 Å². The molecule has 0 heterocycles. The normalized spacial score (nSPS) is 8.47. The topological polar surface area (TPSA) is 92.2 Å². The minimum Gasteiger partial charge on any atom is -0.852 e. The van der Waals surface area contributed by atoms with Crippen LogP contribution in [0, 0.1) is 0 Å². The molecule has 0 aliphatic carbocycles. The molecule has 0 radical (unpaired) electrons. The Kier molecular flexibility index (Phi) is 46.0. The Bertz CT molecular complexity index is 61.5. The van der Waals surface area contributed by atoms with Crippen LogP contribution < -0.4 is 20.4 Å². The molecule has 0 aromatic rings. The summed E-state index contributed by atoms with van der Waals surface area (Å²) >= 11 is 0. The van der Waals surface area contributed by atoms with Gasteiger partial charge in [0.2, 0.25) is 0 Å². The smallest absolute Gasteiger partial charge is 0.852 e. The molecule has 0 unspecified atom stereocenters. The van der Waals surface area contributed by atoms with Crippen molar-refractivity contribution in [1.82, 2.24) is 0 Å². The van der Waals surface area contributed by atoms with Gasteiger partial charge in [-0.3, -0.25) is 0 Å². The van der Waals surface area contributed by atoms with Crippen molar-refractivity contribution in [2.45, 2.75) is 79.8 Å². The van der Waals surface area contributed by atoms with E-state index in [0.717, 1.165) is 0 Å². The second kappa shape index (κ2) is 25.5. The van der Waals surface area contributed by atoms with Gasteiger partial charge in [0.05, 0.1) is 0 Å². The first-order valence-electron chi connectivity index (χ1n) is 5.56. The predicted octanol–water partition coefficient (Wildman–Crippen LogP) is -0.982. The molecule has 0 aromatic heterocycles. The molecular weight excluding hydrogens is 387 g/mol. The first kappa shape index (κ1) is 30.6. The number of hydrogen-bond acceptors (Lipinski definition) is 4. The molecule has 0 spiro atoms. The number of hydrogen-bond donors (Lipinski definition) is 0. The molecule has 0 bridgehead atoms. The molecule has 0 atom stereocenters. The summed E-state index contributed by atoms with van der Waals surface area (Å²) in [5.74, 6) is 0. The van der Waals surface area contributed by atoms with Crippen LogP contribution in [-0.4, -0.2) is 24.4 Å². The van der Waals surface area contributed by atoms with Gasteiger partial charge < -0.3 is 20.4 Å². The third kappa shape index (κ3) is 7170. The van der Waals surface area contributed by atoms with E-state index in [1.807, 2.05) is 0 Å². The summed E-state index contributed by atoms with van der Waals surface area (Å²) in [5.41, 5.74) is 0. The van der Waals surface area contributed by atoms with Crippen molar-refractivity contribution >= 4 is 0 Å². The fraction of sp³-hybridized carbons (Fsp3) is 1.00. The summed E-state index contributed by atoms with van der Waals surface area (Å²) < 4.78 is 0. The van der Waals surface area contributed by atoms with Crippen molar-refractivity contribution < 1.29 is 46.3 Å². The monoisotopic (exact) mass is 416 g/mol. The standard InChI is InChI=1S/4C3H7O.Hf/c4*1-3(2)4;/h4*3H,1-2H3;/q4*-1;+4. The third-order valence-electron chi connectivity index (χ3n) is 0. The van der Waals surface area contributed by atoms with E-state index in [1.165, 1.54) is 0 Å². The van der Waals surface area contributed by atoms with Gasteiger partial charge in [-0.2, -0.15) is 0 Å². The molecule has 0 aromatic carbocycles. The molecule has 17 heavy (non-hydrogen) atoms. The van der Waals surface area contributed by atoms with Crippen molar-refractivity contribution in [3.05, 3.63) is 0 Å². The molecule has 0 aliphatic heterocycles. The SMILES string of the molecule is CC(C)[O-].CC(C)[O-].CC(C)[O-].CC(C)[O-].[Hf+4]. The molecule has 0 rings (SSSR count). The molecule has 0 saturated heterocycles. The molecule has 0 N–H and O–H groups in total. The van der Waals surface area contributed by atoms with Gasteiger partial charge in [-0.05, 0) is 0 Å². The van der Waals surface area contributed by atoms with Crippen LogP contribution in [0.25, 0.3) is 0 Å². The Morgan fingerprint density at radius 2 is 0.412 bits per heavy atom. The first-order valence-corrected chi connectivity index (χ1v) is 5.56. The van der Waals surface area contributed by atoms with E-state index >= 15 is 0 Å². The van der Waals surface area contributed by atoms with E-state index in [0.29, 0.717) is 0 Å².